The van der Waals surface area contributed by atoms with Gasteiger partial charge in [-0.05, 0) is 47.0 Å². The standard InChI is InChI=1S/C14H17BrClNO3/c1-3-14(4-2,8-12(18)19)17-13(20)10-7-9(16)5-6-11(10)15/h5-7H,3-4,8H2,1-2H3,(H,17,20)(H,18,19). The number of hydrogen-bond acceptors (Lipinski definition) is 2. The molecular formula is C14H17BrClNO3. The minimum absolute atomic E-state index is 0.107. The molecule has 2 N–H and O–H groups in total. The van der Waals surface area contributed by atoms with Crippen LogP contribution in [0.15, 0.2) is 22.7 Å². The summed E-state index contributed by atoms with van der Waals surface area (Å²) in [6.45, 7) is 3.72. The predicted molar refractivity (Wildman–Crippen MR) is 82.2 cm³/mol. The Kier molecular flexibility index (Phi) is 6.02. The van der Waals surface area contributed by atoms with E-state index in [0.29, 0.717) is 27.9 Å². The van der Waals surface area contributed by atoms with Gasteiger partial charge in [0.25, 0.3) is 5.91 Å². The molecule has 0 atom stereocenters. The van der Waals surface area contributed by atoms with E-state index in [4.69, 9.17) is 16.7 Å². The van der Waals surface area contributed by atoms with Crippen LogP contribution in [0.2, 0.25) is 5.02 Å². The number of amides is 1. The van der Waals surface area contributed by atoms with Crippen LogP contribution in [0.1, 0.15) is 43.5 Å². The summed E-state index contributed by atoms with van der Waals surface area (Å²) in [5.74, 6) is -1.26. The van der Waals surface area contributed by atoms with Crippen LogP contribution >= 0.6 is 27.5 Å². The minimum Gasteiger partial charge on any atom is -0.481 e. The summed E-state index contributed by atoms with van der Waals surface area (Å²) in [7, 11) is 0. The van der Waals surface area contributed by atoms with Crippen LogP contribution in [-0.2, 0) is 4.79 Å². The third-order valence-electron chi connectivity index (χ3n) is 3.39. The van der Waals surface area contributed by atoms with E-state index in [-0.39, 0.29) is 12.3 Å². The molecule has 0 aromatic heterocycles. The first-order chi connectivity index (χ1) is 9.33. The van der Waals surface area contributed by atoms with Crippen molar-refractivity contribution in [2.45, 2.75) is 38.6 Å². The molecule has 0 saturated carbocycles. The van der Waals surface area contributed by atoms with Gasteiger partial charge < -0.3 is 10.4 Å². The summed E-state index contributed by atoms with van der Waals surface area (Å²) >= 11 is 9.19. The fourth-order valence-corrected chi connectivity index (χ4v) is 2.59. The molecule has 6 heteroatoms. The summed E-state index contributed by atoms with van der Waals surface area (Å²) in [5.41, 5.74) is -0.348. The van der Waals surface area contributed by atoms with E-state index in [1.165, 1.54) is 0 Å². The van der Waals surface area contributed by atoms with Gasteiger partial charge in [-0.1, -0.05) is 25.4 Å². The highest BCUT2D eigenvalue weighted by molar-refractivity contribution is 9.10. The number of nitrogens with one attached hydrogen (secondary N) is 1. The minimum atomic E-state index is -0.931. The molecule has 1 amide bonds. The maximum atomic E-state index is 12.3. The fraction of sp³-hybridized carbons (Fsp3) is 0.429. The number of carboxylic acids is 1. The van der Waals surface area contributed by atoms with Crippen LogP contribution in [0.5, 0.6) is 0 Å². The first kappa shape index (κ1) is 17.0. The van der Waals surface area contributed by atoms with Crippen LogP contribution in [0.25, 0.3) is 0 Å². The zero-order valence-corrected chi connectivity index (χ0v) is 13.7. The van der Waals surface area contributed by atoms with Gasteiger partial charge in [0.1, 0.15) is 0 Å². The average Bonchev–Trinajstić information content (AvgIpc) is 2.40. The van der Waals surface area contributed by atoms with E-state index in [1.807, 2.05) is 13.8 Å². The lowest BCUT2D eigenvalue weighted by atomic mass is 9.88. The van der Waals surface area contributed by atoms with Gasteiger partial charge in [-0.25, -0.2) is 0 Å². The SMILES string of the molecule is CCC(CC)(CC(=O)O)NC(=O)c1cc(Cl)ccc1Br. The normalized spacial score (nSPS) is 11.2. The molecule has 1 aromatic carbocycles. The van der Waals surface area contributed by atoms with Gasteiger partial charge in [0.15, 0.2) is 0 Å². The van der Waals surface area contributed by atoms with Gasteiger partial charge in [0.05, 0.1) is 17.5 Å². The molecule has 110 valence electrons. The number of carbonyl (C=O) groups is 2. The number of benzene rings is 1. The second kappa shape index (κ2) is 7.09. The Hall–Kier alpha value is -1.07. The van der Waals surface area contributed by atoms with Crippen molar-refractivity contribution in [3.63, 3.8) is 0 Å². The molecule has 0 spiro atoms. The lowest BCUT2D eigenvalue weighted by molar-refractivity contribution is -0.138. The lowest BCUT2D eigenvalue weighted by Gasteiger charge is -2.31. The van der Waals surface area contributed by atoms with E-state index < -0.39 is 11.5 Å². The van der Waals surface area contributed by atoms with Crippen molar-refractivity contribution in [1.82, 2.24) is 5.32 Å². The molecule has 0 bridgehead atoms. The number of carboxylic acid groups (broad SMARTS) is 1. The largest absolute Gasteiger partial charge is 0.481 e. The summed E-state index contributed by atoms with van der Waals surface area (Å²) in [6, 6.07) is 4.92. The molecule has 20 heavy (non-hydrogen) atoms. The van der Waals surface area contributed by atoms with Gasteiger partial charge in [-0.2, -0.15) is 0 Å². The van der Waals surface area contributed by atoms with Crippen molar-refractivity contribution >= 4 is 39.4 Å². The maximum Gasteiger partial charge on any atom is 0.305 e. The molecular weight excluding hydrogens is 346 g/mol. The van der Waals surface area contributed by atoms with E-state index in [1.54, 1.807) is 18.2 Å². The van der Waals surface area contributed by atoms with E-state index in [2.05, 4.69) is 21.2 Å². The highest BCUT2D eigenvalue weighted by atomic mass is 79.9. The van der Waals surface area contributed by atoms with Crippen LogP contribution in [0.4, 0.5) is 0 Å². The molecule has 0 aliphatic heterocycles. The maximum absolute atomic E-state index is 12.3. The molecule has 0 aliphatic rings. The molecule has 0 unspecified atom stereocenters. The van der Waals surface area contributed by atoms with Gasteiger partial charge in [-0.15, -0.1) is 0 Å². The Labute approximate surface area is 131 Å². The number of aliphatic carboxylic acids is 1. The summed E-state index contributed by atoms with van der Waals surface area (Å²) < 4.78 is 0.621. The molecule has 0 heterocycles. The van der Waals surface area contributed by atoms with Crippen LogP contribution < -0.4 is 5.32 Å². The number of halogens is 2. The molecule has 0 radical (unpaired) electrons. The Morgan fingerprint density at radius 2 is 1.95 bits per heavy atom. The zero-order chi connectivity index (χ0) is 15.3. The van der Waals surface area contributed by atoms with E-state index in [0.717, 1.165) is 0 Å². The average molecular weight is 363 g/mol. The fourth-order valence-electron chi connectivity index (χ4n) is 1.99. The molecule has 1 rings (SSSR count). The van der Waals surface area contributed by atoms with Crippen molar-refractivity contribution < 1.29 is 14.7 Å². The molecule has 0 aliphatic carbocycles. The first-order valence-electron chi connectivity index (χ1n) is 6.33. The smallest absolute Gasteiger partial charge is 0.305 e. The molecule has 4 nitrogen and oxygen atoms in total. The summed E-state index contributed by atoms with van der Waals surface area (Å²) in [5, 5.41) is 12.3. The summed E-state index contributed by atoms with van der Waals surface area (Å²) in [6.07, 6.45) is 0.976. The van der Waals surface area contributed by atoms with Crippen molar-refractivity contribution in [3.8, 4) is 0 Å². The van der Waals surface area contributed by atoms with Gasteiger partial charge >= 0.3 is 5.97 Å². The van der Waals surface area contributed by atoms with Gasteiger partial charge in [-0.3, -0.25) is 9.59 Å². The van der Waals surface area contributed by atoms with Crippen LogP contribution in [-0.4, -0.2) is 22.5 Å². The van der Waals surface area contributed by atoms with Gasteiger partial charge in [0, 0.05) is 9.50 Å². The Bertz CT molecular complexity index is 515. The van der Waals surface area contributed by atoms with Gasteiger partial charge in [0.2, 0.25) is 0 Å². The summed E-state index contributed by atoms with van der Waals surface area (Å²) in [4.78, 5) is 23.3. The predicted octanol–water partition coefficient (Wildman–Crippen LogP) is 3.87. The monoisotopic (exact) mass is 361 g/mol. The second-order valence-corrected chi connectivity index (χ2v) is 5.93. The lowest BCUT2D eigenvalue weighted by Crippen LogP contribution is -2.49. The Morgan fingerprint density at radius 1 is 1.35 bits per heavy atom. The van der Waals surface area contributed by atoms with E-state index >= 15 is 0 Å². The highest BCUT2D eigenvalue weighted by Crippen LogP contribution is 2.24. The Balaban J connectivity index is 3.02. The third kappa shape index (κ3) is 4.21. The Morgan fingerprint density at radius 3 is 2.45 bits per heavy atom. The topological polar surface area (TPSA) is 66.4 Å². The quantitative estimate of drug-likeness (QED) is 0.807. The molecule has 0 fully saturated rings. The first-order valence-corrected chi connectivity index (χ1v) is 7.50. The van der Waals surface area contributed by atoms with E-state index in [9.17, 15) is 9.59 Å². The second-order valence-electron chi connectivity index (χ2n) is 4.64. The zero-order valence-electron chi connectivity index (χ0n) is 11.4. The van der Waals surface area contributed by atoms with Crippen molar-refractivity contribution in [2.24, 2.45) is 0 Å². The third-order valence-corrected chi connectivity index (χ3v) is 4.32. The number of carbonyl (C=O) groups excluding carboxylic acids is 1. The number of rotatable bonds is 6. The molecule has 1 aromatic rings. The molecule has 0 saturated heterocycles. The highest BCUT2D eigenvalue weighted by Gasteiger charge is 2.31. The number of hydrogen-bond donors (Lipinski definition) is 2. The van der Waals surface area contributed by atoms with Crippen LogP contribution in [0, 0.1) is 0 Å². The van der Waals surface area contributed by atoms with Crippen molar-refractivity contribution in [2.75, 3.05) is 0 Å². The van der Waals surface area contributed by atoms with Crippen LogP contribution in [0.3, 0.4) is 0 Å². The van der Waals surface area contributed by atoms with Crippen molar-refractivity contribution in [1.29, 1.82) is 0 Å². The van der Waals surface area contributed by atoms with Crippen molar-refractivity contribution in [3.05, 3.63) is 33.3 Å².